The van der Waals surface area contributed by atoms with E-state index in [1.165, 1.54) is 22.9 Å². The molecular formula is C22H21F3N8O4S2. The first kappa shape index (κ1) is 25.9. The van der Waals surface area contributed by atoms with Crippen LogP contribution in [-0.2, 0) is 21.0 Å². The normalized spacial score (nSPS) is 20.2. The molecule has 39 heavy (non-hydrogen) atoms. The number of amides is 1. The van der Waals surface area contributed by atoms with Gasteiger partial charge in [0.2, 0.25) is 15.0 Å². The second kappa shape index (κ2) is 8.58. The third-order valence-electron chi connectivity index (χ3n) is 7.09. The number of sulfonamides is 1. The number of nitriles is 1. The Bertz CT molecular complexity index is 1630. The predicted octanol–water partition coefficient (Wildman–Crippen LogP) is 1.38. The lowest BCUT2D eigenvalue weighted by Crippen LogP contribution is -2.52. The summed E-state index contributed by atoms with van der Waals surface area (Å²) in [7, 11) is -4.21. The molecule has 0 bridgehead atoms. The van der Waals surface area contributed by atoms with Crippen molar-refractivity contribution in [3.8, 4) is 16.9 Å². The Morgan fingerprint density at radius 2 is 1.85 bits per heavy atom. The van der Waals surface area contributed by atoms with E-state index >= 15 is 0 Å². The molecule has 0 radical (unpaired) electrons. The van der Waals surface area contributed by atoms with Crippen LogP contribution in [0.2, 0.25) is 0 Å². The van der Waals surface area contributed by atoms with Crippen molar-refractivity contribution >= 4 is 38.5 Å². The molecule has 6 rings (SSSR count). The predicted molar refractivity (Wildman–Crippen MR) is 130 cm³/mol. The number of halogens is 3. The monoisotopic (exact) mass is 582 g/mol. The Hall–Kier alpha value is -3.33. The number of pyridine rings is 1. The fourth-order valence-corrected chi connectivity index (χ4v) is 6.59. The summed E-state index contributed by atoms with van der Waals surface area (Å²) < 4.78 is 69.9. The Kier molecular flexibility index (Phi) is 5.70. The topological polar surface area (TPSA) is 157 Å². The zero-order valence-corrected chi connectivity index (χ0v) is 21.8. The molecule has 0 aromatic carbocycles. The lowest BCUT2D eigenvalue weighted by atomic mass is 10.2. The highest BCUT2D eigenvalue weighted by Gasteiger charge is 2.50. The number of anilines is 1. The van der Waals surface area contributed by atoms with Gasteiger partial charge >= 0.3 is 6.18 Å². The Morgan fingerprint density at radius 1 is 1.15 bits per heavy atom. The van der Waals surface area contributed by atoms with E-state index in [0.29, 0.717) is 50.0 Å². The molecule has 206 valence electrons. The van der Waals surface area contributed by atoms with Gasteiger partial charge in [-0.15, -0.1) is 10.2 Å². The molecule has 2 N–H and O–H groups in total. The fourth-order valence-electron chi connectivity index (χ4n) is 4.50. The molecule has 1 aliphatic heterocycles. The van der Waals surface area contributed by atoms with Crippen LogP contribution in [0.25, 0.3) is 16.3 Å². The van der Waals surface area contributed by atoms with Gasteiger partial charge in [-0.2, -0.15) is 23.2 Å². The number of hydrogen-bond donors (Lipinski definition) is 2. The summed E-state index contributed by atoms with van der Waals surface area (Å²) in [5.41, 5.74) is -1.65. The van der Waals surface area contributed by atoms with E-state index in [9.17, 15) is 36.8 Å². The standard InChI is InChI=1S/C22H21F3N8O4S2/c23-22(24,25)18-29-28-17(38-18)16-27-10-15-14(31-5-7-32(8-6-31)19(34)21(35)3-4-21)9-13(11-33(15)16)39(36,37)30-20(12-26)1-2-20/h9-11,30,35H,1-8H2. The third kappa shape index (κ3) is 4.60. The van der Waals surface area contributed by atoms with E-state index in [2.05, 4.69) is 19.9 Å². The minimum Gasteiger partial charge on any atom is -0.380 e. The summed E-state index contributed by atoms with van der Waals surface area (Å²) in [6.07, 6.45) is -0.497. The number of carbonyl (C=O) groups is 1. The van der Waals surface area contributed by atoms with E-state index in [-0.39, 0.29) is 46.1 Å². The molecule has 0 atom stereocenters. The highest BCUT2D eigenvalue weighted by molar-refractivity contribution is 7.89. The van der Waals surface area contributed by atoms with E-state index in [1.807, 2.05) is 11.0 Å². The van der Waals surface area contributed by atoms with Crippen molar-refractivity contribution in [1.82, 2.24) is 29.2 Å². The summed E-state index contributed by atoms with van der Waals surface area (Å²) in [5.74, 6) is -0.357. The molecule has 17 heteroatoms. The number of rotatable bonds is 6. The number of piperazine rings is 1. The Balaban J connectivity index is 1.40. The molecule has 2 saturated carbocycles. The zero-order valence-electron chi connectivity index (χ0n) is 20.1. The van der Waals surface area contributed by atoms with Crippen LogP contribution in [0.5, 0.6) is 0 Å². The summed E-state index contributed by atoms with van der Waals surface area (Å²) in [5, 5.41) is 25.1. The van der Waals surface area contributed by atoms with Crippen LogP contribution in [0.15, 0.2) is 23.4 Å². The van der Waals surface area contributed by atoms with Crippen LogP contribution in [0, 0.1) is 11.3 Å². The van der Waals surface area contributed by atoms with Gasteiger partial charge in [0.1, 0.15) is 16.0 Å². The minimum atomic E-state index is -4.70. The molecule has 3 fully saturated rings. The average Bonchev–Trinajstić information content (AvgIpc) is 3.71. The van der Waals surface area contributed by atoms with Gasteiger partial charge in [0.05, 0.1) is 23.5 Å². The third-order valence-corrected chi connectivity index (χ3v) is 9.55. The summed E-state index contributed by atoms with van der Waals surface area (Å²) >= 11 is 0.282. The molecule has 3 aliphatic rings. The maximum Gasteiger partial charge on any atom is 0.445 e. The second-order valence-electron chi connectivity index (χ2n) is 9.92. The second-order valence-corrected chi connectivity index (χ2v) is 12.6. The molecule has 0 spiro atoms. The summed E-state index contributed by atoms with van der Waals surface area (Å²) in [6.45, 7) is 1.20. The number of imidazole rings is 1. The maximum absolute atomic E-state index is 13.3. The van der Waals surface area contributed by atoms with Crippen LogP contribution in [0.4, 0.5) is 18.9 Å². The van der Waals surface area contributed by atoms with Gasteiger partial charge in [0.15, 0.2) is 10.8 Å². The van der Waals surface area contributed by atoms with Crippen LogP contribution in [0.3, 0.4) is 0 Å². The maximum atomic E-state index is 13.3. The largest absolute Gasteiger partial charge is 0.445 e. The van der Waals surface area contributed by atoms with Crippen molar-refractivity contribution in [1.29, 1.82) is 5.26 Å². The first-order chi connectivity index (χ1) is 18.3. The van der Waals surface area contributed by atoms with Gasteiger partial charge in [0.25, 0.3) is 5.91 Å². The highest BCUT2D eigenvalue weighted by Crippen LogP contribution is 2.39. The molecule has 1 amide bonds. The number of fused-ring (bicyclic) bond motifs is 1. The molecule has 4 heterocycles. The van der Waals surface area contributed by atoms with Gasteiger partial charge < -0.3 is 14.9 Å². The molecular weight excluding hydrogens is 561 g/mol. The van der Waals surface area contributed by atoms with Crippen molar-refractivity contribution in [2.75, 3.05) is 31.1 Å². The summed E-state index contributed by atoms with van der Waals surface area (Å²) in [6, 6.07) is 3.39. The SMILES string of the molecule is N#CC1(NS(=O)(=O)c2cc(N3CCN(C(=O)C4(O)CC4)CC3)c3cnc(-c4nnc(C(F)(F)F)s4)n3c2)CC1. The smallest absolute Gasteiger partial charge is 0.380 e. The van der Waals surface area contributed by atoms with Gasteiger partial charge in [0, 0.05) is 32.4 Å². The first-order valence-electron chi connectivity index (χ1n) is 12.0. The van der Waals surface area contributed by atoms with Crippen LogP contribution >= 0.6 is 11.3 Å². The fraction of sp³-hybridized carbons (Fsp3) is 0.500. The molecule has 2 aliphatic carbocycles. The molecule has 12 nitrogen and oxygen atoms in total. The lowest BCUT2D eigenvalue weighted by Gasteiger charge is -2.37. The van der Waals surface area contributed by atoms with Crippen molar-refractivity contribution < 1.29 is 31.5 Å². The molecule has 3 aromatic rings. The number of aromatic nitrogens is 4. The van der Waals surface area contributed by atoms with Crippen molar-refractivity contribution in [3.63, 3.8) is 0 Å². The number of alkyl halides is 3. The van der Waals surface area contributed by atoms with Crippen molar-refractivity contribution in [2.24, 2.45) is 0 Å². The zero-order chi connectivity index (χ0) is 27.8. The van der Waals surface area contributed by atoms with Crippen LogP contribution < -0.4 is 9.62 Å². The number of nitrogens with zero attached hydrogens (tertiary/aromatic N) is 7. The first-order valence-corrected chi connectivity index (χ1v) is 14.3. The van der Waals surface area contributed by atoms with Gasteiger partial charge in [-0.05, 0) is 31.7 Å². The van der Waals surface area contributed by atoms with E-state index < -0.39 is 32.3 Å². The minimum absolute atomic E-state index is 0.0255. The lowest BCUT2D eigenvalue weighted by molar-refractivity contribution is -0.142. The molecule has 0 unspecified atom stereocenters. The van der Waals surface area contributed by atoms with E-state index in [0.717, 1.165) is 0 Å². The van der Waals surface area contributed by atoms with E-state index in [1.54, 1.807) is 4.90 Å². The Labute approximate surface area is 223 Å². The average molecular weight is 583 g/mol. The van der Waals surface area contributed by atoms with Crippen molar-refractivity contribution in [3.05, 3.63) is 23.5 Å². The number of hydrogen-bond acceptors (Lipinski definition) is 10. The van der Waals surface area contributed by atoms with Gasteiger partial charge in [-0.25, -0.2) is 13.4 Å². The quantitative estimate of drug-likeness (QED) is 0.438. The molecule has 1 saturated heterocycles. The van der Waals surface area contributed by atoms with Crippen LogP contribution in [0.1, 0.15) is 30.7 Å². The number of carbonyl (C=O) groups excluding carboxylic acids is 1. The van der Waals surface area contributed by atoms with Crippen LogP contribution in [-0.4, -0.2) is 81.2 Å². The highest BCUT2D eigenvalue weighted by atomic mass is 32.2. The summed E-state index contributed by atoms with van der Waals surface area (Å²) in [4.78, 5) is 20.0. The van der Waals surface area contributed by atoms with Crippen molar-refractivity contribution in [2.45, 2.75) is 47.9 Å². The Morgan fingerprint density at radius 3 is 2.41 bits per heavy atom. The van der Waals surface area contributed by atoms with Gasteiger partial charge in [-0.1, -0.05) is 11.3 Å². The van der Waals surface area contributed by atoms with Gasteiger partial charge in [-0.3, -0.25) is 9.20 Å². The molecule has 3 aromatic heterocycles. The van der Waals surface area contributed by atoms with E-state index in [4.69, 9.17) is 0 Å². The number of nitrogens with one attached hydrogen (secondary N) is 1. The number of aliphatic hydroxyl groups is 1.